The monoisotopic (exact) mass is 436 g/mol. The molecule has 1 aliphatic carbocycles. The summed E-state index contributed by atoms with van der Waals surface area (Å²) in [5.41, 5.74) is 3.65. The van der Waals surface area contributed by atoms with Gasteiger partial charge in [-0.3, -0.25) is 0 Å². The molecule has 3 fully saturated rings. The van der Waals surface area contributed by atoms with E-state index in [1.807, 2.05) is 6.07 Å². The van der Waals surface area contributed by atoms with Crippen LogP contribution < -0.4 is 10.6 Å². The Morgan fingerprint density at radius 1 is 0.875 bits per heavy atom. The van der Waals surface area contributed by atoms with Gasteiger partial charge in [-0.2, -0.15) is 0 Å². The Bertz CT molecular complexity index is 882. The Balaban J connectivity index is 1.10. The molecule has 2 aromatic carbocycles. The summed E-state index contributed by atoms with van der Waals surface area (Å²) < 4.78 is 17.6. The van der Waals surface area contributed by atoms with E-state index in [-0.39, 0.29) is 36.5 Å². The second-order valence-electron chi connectivity index (χ2n) is 9.07. The molecule has 6 nitrogen and oxygen atoms in total. The number of rotatable bonds is 6. The number of ether oxygens (including phenoxy) is 3. The van der Waals surface area contributed by atoms with E-state index in [0.717, 1.165) is 19.4 Å². The molecule has 32 heavy (non-hydrogen) atoms. The highest BCUT2D eigenvalue weighted by Crippen LogP contribution is 2.29. The Morgan fingerprint density at radius 2 is 1.59 bits per heavy atom. The SMILES string of the molecule is O=C(NC1CCCCC1)OC1COC2C(NCc3ccc(-c4ccccc4)cc3)COC12. The fourth-order valence-corrected chi connectivity index (χ4v) is 5.02. The van der Waals surface area contributed by atoms with Gasteiger partial charge in [-0.05, 0) is 29.5 Å². The third-order valence-electron chi connectivity index (χ3n) is 6.82. The molecule has 0 spiro atoms. The average molecular weight is 437 g/mol. The lowest BCUT2D eigenvalue weighted by Gasteiger charge is -2.24. The van der Waals surface area contributed by atoms with Crippen molar-refractivity contribution in [1.82, 2.24) is 10.6 Å². The molecular weight excluding hydrogens is 404 g/mol. The van der Waals surface area contributed by atoms with Crippen LogP contribution in [0.2, 0.25) is 0 Å². The molecule has 1 amide bonds. The number of carbonyl (C=O) groups excluding carboxylic acids is 1. The van der Waals surface area contributed by atoms with Crippen molar-refractivity contribution in [3.63, 3.8) is 0 Å². The third-order valence-corrected chi connectivity index (χ3v) is 6.82. The zero-order valence-corrected chi connectivity index (χ0v) is 18.4. The normalized spacial score (nSPS) is 27.8. The van der Waals surface area contributed by atoms with Gasteiger partial charge in [0.05, 0.1) is 19.3 Å². The second-order valence-corrected chi connectivity index (χ2v) is 9.07. The van der Waals surface area contributed by atoms with E-state index in [2.05, 4.69) is 59.2 Å². The van der Waals surface area contributed by atoms with Crippen LogP contribution in [0.15, 0.2) is 54.6 Å². The van der Waals surface area contributed by atoms with Gasteiger partial charge < -0.3 is 24.8 Å². The fraction of sp³-hybridized carbons (Fsp3) is 0.500. The first-order valence-electron chi connectivity index (χ1n) is 11.8. The summed E-state index contributed by atoms with van der Waals surface area (Å²) in [5, 5.41) is 6.57. The van der Waals surface area contributed by atoms with Crippen LogP contribution in [0.5, 0.6) is 0 Å². The van der Waals surface area contributed by atoms with Crippen molar-refractivity contribution in [1.29, 1.82) is 0 Å². The number of alkyl carbamates (subject to hydrolysis) is 1. The number of benzene rings is 2. The van der Waals surface area contributed by atoms with Gasteiger partial charge >= 0.3 is 6.09 Å². The van der Waals surface area contributed by atoms with Crippen molar-refractivity contribution in [3.05, 3.63) is 60.2 Å². The highest BCUT2D eigenvalue weighted by molar-refractivity contribution is 5.68. The van der Waals surface area contributed by atoms with Crippen LogP contribution in [-0.2, 0) is 20.8 Å². The van der Waals surface area contributed by atoms with Crippen molar-refractivity contribution in [2.45, 2.75) is 69.0 Å². The van der Waals surface area contributed by atoms with E-state index in [1.54, 1.807) is 0 Å². The Labute approximate surface area is 189 Å². The standard InChI is InChI=1S/C26H32N2O4/c29-26(28-21-9-5-2-6-10-21)32-23-17-31-24-22(16-30-25(23)24)27-15-18-11-13-20(14-12-18)19-7-3-1-4-8-19/h1,3-4,7-8,11-14,21-25,27H,2,5-6,9-10,15-17H2,(H,28,29). The summed E-state index contributed by atoms with van der Waals surface area (Å²) in [6, 6.07) is 19.3. The Morgan fingerprint density at radius 3 is 2.38 bits per heavy atom. The van der Waals surface area contributed by atoms with Crippen LogP contribution in [0, 0.1) is 0 Å². The minimum atomic E-state index is -0.347. The van der Waals surface area contributed by atoms with E-state index in [4.69, 9.17) is 14.2 Å². The molecule has 2 aliphatic heterocycles. The lowest BCUT2D eigenvalue weighted by Crippen LogP contribution is -2.43. The molecule has 2 N–H and O–H groups in total. The van der Waals surface area contributed by atoms with Crippen LogP contribution in [0.4, 0.5) is 4.79 Å². The molecule has 2 aromatic rings. The number of hydrogen-bond donors (Lipinski definition) is 2. The van der Waals surface area contributed by atoms with Crippen molar-refractivity contribution in [2.75, 3.05) is 13.2 Å². The predicted molar refractivity (Wildman–Crippen MR) is 122 cm³/mol. The minimum absolute atomic E-state index is 0.0869. The zero-order valence-electron chi connectivity index (χ0n) is 18.4. The van der Waals surface area contributed by atoms with E-state index in [0.29, 0.717) is 13.2 Å². The highest BCUT2D eigenvalue weighted by Gasteiger charge is 2.49. The van der Waals surface area contributed by atoms with Crippen LogP contribution >= 0.6 is 0 Å². The molecule has 2 saturated heterocycles. The lowest BCUT2D eigenvalue weighted by atomic mass is 9.96. The van der Waals surface area contributed by atoms with Gasteiger partial charge in [0.15, 0.2) is 6.10 Å². The van der Waals surface area contributed by atoms with E-state index < -0.39 is 0 Å². The first-order chi connectivity index (χ1) is 15.8. The van der Waals surface area contributed by atoms with Crippen molar-refractivity contribution >= 4 is 6.09 Å². The topological polar surface area (TPSA) is 68.8 Å². The van der Waals surface area contributed by atoms with Crippen LogP contribution in [0.3, 0.4) is 0 Å². The number of carbonyl (C=O) groups is 1. The minimum Gasteiger partial charge on any atom is -0.441 e. The van der Waals surface area contributed by atoms with Crippen molar-refractivity contribution in [2.24, 2.45) is 0 Å². The summed E-state index contributed by atoms with van der Waals surface area (Å²) in [7, 11) is 0. The predicted octanol–water partition coefficient (Wildman–Crippen LogP) is 4.04. The van der Waals surface area contributed by atoms with Gasteiger partial charge in [-0.15, -0.1) is 0 Å². The molecule has 0 radical (unpaired) electrons. The summed E-state index contributed by atoms with van der Waals surface area (Å²) in [5.74, 6) is 0. The molecule has 3 aliphatic rings. The van der Waals surface area contributed by atoms with E-state index in [1.165, 1.54) is 36.0 Å². The molecular formula is C26H32N2O4. The van der Waals surface area contributed by atoms with Gasteiger partial charge in [0.2, 0.25) is 0 Å². The van der Waals surface area contributed by atoms with Gasteiger partial charge in [-0.25, -0.2) is 4.79 Å². The van der Waals surface area contributed by atoms with Crippen LogP contribution in [-0.4, -0.2) is 49.7 Å². The maximum Gasteiger partial charge on any atom is 0.407 e. The number of fused-ring (bicyclic) bond motifs is 1. The van der Waals surface area contributed by atoms with E-state index in [9.17, 15) is 4.79 Å². The second kappa shape index (κ2) is 10.0. The average Bonchev–Trinajstić information content (AvgIpc) is 3.42. The molecule has 5 rings (SSSR count). The first kappa shape index (κ1) is 21.4. The van der Waals surface area contributed by atoms with Gasteiger partial charge in [0.25, 0.3) is 0 Å². The molecule has 2 heterocycles. The molecule has 4 unspecified atom stereocenters. The number of nitrogens with one attached hydrogen (secondary N) is 2. The fourth-order valence-electron chi connectivity index (χ4n) is 5.02. The smallest absolute Gasteiger partial charge is 0.407 e. The maximum atomic E-state index is 12.3. The van der Waals surface area contributed by atoms with Crippen LogP contribution in [0.1, 0.15) is 37.7 Å². The molecule has 170 valence electrons. The molecule has 6 heteroatoms. The summed E-state index contributed by atoms with van der Waals surface area (Å²) >= 11 is 0. The number of hydrogen-bond acceptors (Lipinski definition) is 5. The number of amides is 1. The quantitative estimate of drug-likeness (QED) is 0.715. The highest BCUT2D eigenvalue weighted by atomic mass is 16.6. The zero-order chi connectivity index (χ0) is 21.8. The van der Waals surface area contributed by atoms with Crippen molar-refractivity contribution < 1.29 is 19.0 Å². The summed E-state index contributed by atoms with van der Waals surface area (Å²) in [4.78, 5) is 12.3. The van der Waals surface area contributed by atoms with Crippen molar-refractivity contribution in [3.8, 4) is 11.1 Å². The first-order valence-corrected chi connectivity index (χ1v) is 11.8. The van der Waals surface area contributed by atoms with Gasteiger partial charge in [0.1, 0.15) is 12.2 Å². The van der Waals surface area contributed by atoms with E-state index >= 15 is 0 Å². The molecule has 0 bridgehead atoms. The Kier molecular flexibility index (Phi) is 6.72. The van der Waals surface area contributed by atoms with Crippen LogP contribution in [0.25, 0.3) is 11.1 Å². The molecule has 0 aromatic heterocycles. The molecule has 4 atom stereocenters. The summed E-state index contributed by atoms with van der Waals surface area (Å²) in [6.45, 7) is 1.68. The largest absolute Gasteiger partial charge is 0.441 e. The lowest BCUT2D eigenvalue weighted by molar-refractivity contribution is 0.00252. The van der Waals surface area contributed by atoms with Gasteiger partial charge in [0, 0.05) is 12.6 Å². The maximum absolute atomic E-state index is 12.3. The molecule has 1 saturated carbocycles. The van der Waals surface area contributed by atoms with Gasteiger partial charge in [-0.1, -0.05) is 73.9 Å². The Hall–Kier alpha value is -2.41. The summed E-state index contributed by atoms with van der Waals surface area (Å²) in [6.07, 6.45) is 4.70. The third kappa shape index (κ3) is 4.98.